The first-order valence-electron chi connectivity index (χ1n) is 6.76. The van der Waals surface area contributed by atoms with Gasteiger partial charge in [-0.2, -0.15) is 0 Å². The predicted molar refractivity (Wildman–Crippen MR) is 68.7 cm³/mol. The van der Waals surface area contributed by atoms with Gasteiger partial charge in [-0.25, -0.2) is 0 Å². The molecule has 1 saturated heterocycles. The molecule has 1 amide bonds. The Morgan fingerprint density at radius 3 is 2.88 bits per heavy atom. The molecule has 0 aromatic carbocycles. The van der Waals surface area contributed by atoms with Crippen LogP contribution in [-0.2, 0) is 9.53 Å². The summed E-state index contributed by atoms with van der Waals surface area (Å²) in [6.45, 7) is 7.03. The first kappa shape index (κ1) is 14.5. The highest BCUT2D eigenvalue weighted by Gasteiger charge is 2.23. The molecule has 0 bridgehead atoms. The average Bonchev–Trinajstić information content (AvgIpc) is 2.34. The molecule has 1 fully saturated rings. The molecule has 0 radical (unpaired) electrons. The third-order valence-electron chi connectivity index (χ3n) is 3.61. The van der Waals surface area contributed by atoms with Gasteiger partial charge in [0.05, 0.1) is 19.3 Å². The molecule has 2 unspecified atom stereocenters. The van der Waals surface area contributed by atoms with E-state index in [9.17, 15) is 4.79 Å². The van der Waals surface area contributed by atoms with E-state index in [4.69, 9.17) is 10.5 Å². The fraction of sp³-hybridized carbons (Fsp3) is 0.923. The second-order valence-corrected chi connectivity index (χ2v) is 4.90. The highest BCUT2D eigenvalue weighted by atomic mass is 16.5. The minimum Gasteiger partial charge on any atom is -0.377 e. The zero-order chi connectivity index (χ0) is 12.7. The molecule has 2 atom stereocenters. The first-order valence-corrected chi connectivity index (χ1v) is 6.76. The van der Waals surface area contributed by atoms with Crippen molar-refractivity contribution in [2.45, 2.75) is 45.6 Å². The van der Waals surface area contributed by atoms with Crippen molar-refractivity contribution in [2.75, 3.05) is 26.3 Å². The Hall–Kier alpha value is -0.610. The van der Waals surface area contributed by atoms with E-state index in [1.807, 2.05) is 11.8 Å². The lowest BCUT2D eigenvalue weighted by atomic mass is 9.96. The van der Waals surface area contributed by atoms with Crippen molar-refractivity contribution in [3.8, 4) is 0 Å². The van der Waals surface area contributed by atoms with E-state index < -0.39 is 0 Å². The monoisotopic (exact) mass is 242 g/mol. The van der Waals surface area contributed by atoms with Crippen molar-refractivity contribution in [3.05, 3.63) is 0 Å². The summed E-state index contributed by atoms with van der Waals surface area (Å²) in [6, 6.07) is 0.228. The Morgan fingerprint density at radius 1 is 1.53 bits per heavy atom. The molecule has 0 aromatic rings. The van der Waals surface area contributed by atoms with Gasteiger partial charge in [0.2, 0.25) is 5.91 Å². The van der Waals surface area contributed by atoms with Crippen LogP contribution in [0.2, 0.25) is 0 Å². The van der Waals surface area contributed by atoms with Crippen LogP contribution in [-0.4, -0.2) is 43.2 Å². The standard InChI is InChI=1S/C13H26N2O2/c1-3-12(6-7-14)4-5-13(16)15-8-9-17-10-11(15)2/h11-12H,3-10,14H2,1-2H3. The molecule has 17 heavy (non-hydrogen) atoms. The summed E-state index contributed by atoms with van der Waals surface area (Å²) in [6.07, 6.45) is 3.77. The third kappa shape index (κ3) is 4.64. The van der Waals surface area contributed by atoms with E-state index in [0.29, 0.717) is 25.6 Å². The largest absolute Gasteiger partial charge is 0.377 e. The molecule has 1 rings (SSSR count). The van der Waals surface area contributed by atoms with Crippen molar-refractivity contribution in [3.63, 3.8) is 0 Å². The number of amides is 1. The van der Waals surface area contributed by atoms with Gasteiger partial charge in [-0.1, -0.05) is 13.3 Å². The van der Waals surface area contributed by atoms with Crippen LogP contribution < -0.4 is 5.73 Å². The lowest BCUT2D eigenvalue weighted by Gasteiger charge is -2.33. The quantitative estimate of drug-likeness (QED) is 0.765. The molecular formula is C13H26N2O2. The summed E-state index contributed by atoms with van der Waals surface area (Å²) < 4.78 is 5.34. The van der Waals surface area contributed by atoms with E-state index >= 15 is 0 Å². The first-order chi connectivity index (χ1) is 8.19. The molecule has 1 aliphatic heterocycles. The number of morpholine rings is 1. The Balaban J connectivity index is 2.32. The fourth-order valence-electron chi connectivity index (χ4n) is 2.36. The molecule has 4 nitrogen and oxygen atoms in total. The van der Waals surface area contributed by atoms with Crippen LogP contribution in [0, 0.1) is 5.92 Å². The SMILES string of the molecule is CCC(CCN)CCC(=O)N1CCOCC1C. The fourth-order valence-corrected chi connectivity index (χ4v) is 2.36. The molecule has 4 heteroatoms. The number of carbonyl (C=O) groups is 1. The molecular weight excluding hydrogens is 216 g/mol. The summed E-state index contributed by atoms with van der Waals surface area (Å²) in [5, 5.41) is 0. The second kappa shape index (κ2) is 7.67. The van der Waals surface area contributed by atoms with E-state index in [2.05, 4.69) is 6.92 Å². The molecule has 0 spiro atoms. The zero-order valence-electron chi connectivity index (χ0n) is 11.2. The molecule has 0 aromatic heterocycles. The molecule has 1 heterocycles. The van der Waals surface area contributed by atoms with Crippen LogP contribution >= 0.6 is 0 Å². The Morgan fingerprint density at radius 2 is 2.29 bits per heavy atom. The highest BCUT2D eigenvalue weighted by molar-refractivity contribution is 5.76. The molecule has 0 saturated carbocycles. The minimum absolute atomic E-state index is 0.228. The van der Waals surface area contributed by atoms with E-state index in [1.165, 1.54) is 0 Å². The summed E-state index contributed by atoms with van der Waals surface area (Å²) in [5.74, 6) is 0.872. The van der Waals surface area contributed by atoms with Gasteiger partial charge in [-0.05, 0) is 32.2 Å². The van der Waals surface area contributed by atoms with Crippen LogP contribution in [0.1, 0.15) is 39.5 Å². The molecule has 100 valence electrons. The Bertz CT molecular complexity index is 233. The third-order valence-corrected chi connectivity index (χ3v) is 3.61. The smallest absolute Gasteiger partial charge is 0.222 e. The summed E-state index contributed by atoms with van der Waals surface area (Å²) in [7, 11) is 0. The van der Waals surface area contributed by atoms with Crippen molar-refractivity contribution in [1.82, 2.24) is 4.90 Å². The highest BCUT2D eigenvalue weighted by Crippen LogP contribution is 2.17. The number of ether oxygens (including phenoxy) is 1. The number of hydrogen-bond acceptors (Lipinski definition) is 3. The normalized spacial score (nSPS) is 22.5. The van der Waals surface area contributed by atoms with Crippen molar-refractivity contribution in [2.24, 2.45) is 11.7 Å². The number of carbonyl (C=O) groups excluding carboxylic acids is 1. The van der Waals surface area contributed by atoms with Gasteiger partial charge in [-0.15, -0.1) is 0 Å². The molecule has 0 aliphatic carbocycles. The van der Waals surface area contributed by atoms with Gasteiger partial charge < -0.3 is 15.4 Å². The van der Waals surface area contributed by atoms with Gasteiger partial charge in [0.25, 0.3) is 0 Å². The Labute approximate surface area is 104 Å². The lowest BCUT2D eigenvalue weighted by Crippen LogP contribution is -2.47. The van der Waals surface area contributed by atoms with Gasteiger partial charge in [-0.3, -0.25) is 4.79 Å². The Kier molecular flexibility index (Phi) is 6.52. The number of nitrogens with zero attached hydrogens (tertiary/aromatic N) is 1. The van der Waals surface area contributed by atoms with Crippen LogP contribution in [0.25, 0.3) is 0 Å². The maximum Gasteiger partial charge on any atom is 0.222 e. The average molecular weight is 242 g/mol. The van der Waals surface area contributed by atoms with Crippen LogP contribution in [0.5, 0.6) is 0 Å². The van der Waals surface area contributed by atoms with Gasteiger partial charge in [0.1, 0.15) is 0 Å². The number of nitrogens with two attached hydrogens (primary N) is 1. The summed E-state index contributed by atoms with van der Waals surface area (Å²) in [4.78, 5) is 14.0. The van der Waals surface area contributed by atoms with Gasteiger partial charge >= 0.3 is 0 Å². The summed E-state index contributed by atoms with van der Waals surface area (Å²) in [5.41, 5.74) is 5.56. The van der Waals surface area contributed by atoms with E-state index in [0.717, 1.165) is 32.4 Å². The van der Waals surface area contributed by atoms with Gasteiger partial charge in [0, 0.05) is 13.0 Å². The van der Waals surface area contributed by atoms with Crippen molar-refractivity contribution < 1.29 is 9.53 Å². The zero-order valence-corrected chi connectivity index (χ0v) is 11.2. The second-order valence-electron chi connectivity index (χ2n) is 4.90. The van der Waals surface area contributed by atoms with Gasteiger partial charge in [0.15, 0.2) is 0 Å². The predicted octanol–water partition coefficient (Wildman–Crippen LogP) is 1.39. The van der Waals surface area contributed by atoms with Crippen LogP contribution in [0.15, 0.2) is 0 Å². The lowest BCUT2D eigenvalue weighted by molar-refractivity contribution is -0.139. The van der Waals surface area contributed by atoms with Crippen LogP contribution in [0.4, 0.5) is 0 Å². The minimum atomic E-state index is 0.228. The van der Waals surface area contributed by atoms with E-state index in [1.54, 1.807) is 0 Å². The van der Waals surface area contributed by atoms with Crippen molar-refractivity contribution >= 4 is 5.91 Å². The molecule has 2 N–H and O–H groups in total. The number of hydrogen-bond donors (Lipinski definition) is 1. The van der Waals surface area contributed by atoms with Crippen LogP contribution in [0.3, 0.4) is 0 Å². The summed E-state index contributed by atoms with van der Waals surface area (Å²) >= 11 is 0. The molecule has 1 aliphatic rings. The maximum atomic E-state index is 12.1. The van der Waals surface area contributed by atoms with Crippen molar-refractivity contribution in [1.29, 1.82) is 0 Å². The topological polar surface area (TPSA) is 55.6 Å². The maximum absolute atomic E-state index is 12.1. The van der Waals surface area contributed by atoms with E-state index in [-0.39, 0.29) is 11.9 Å². The number of rotatable bonds is 6.